The molecule has 0 radical (unpaired) electrons. The summed E-state index contributed by atoms with van der Waals surface area (Å²) in [6.07, 6.45) is 0. The zero-order valence-corrected chi connectivity index (χ0v) is 11.0. The molecule has 2 N–H and O–H groups in total. The molecule has 2 aromatic carbocycles. The number of benzene rings is 2. The number of halogens is 3. The Kier molecular flexibility index (Phi) is 4.20. The van der Waals surface area contributed by atoms with Crippen molar-refractivity contribution >= 4 is 23.3 Å². The molecule has 0 aromatic heterocycles. The lowest BCUT2D eigenvalue weighted by molar-refractivity contribution is 0.0472. The van der Waals surface area contributed by atoms with Gasteiger partial charge in [0.1, 0.15) is 18.2 Å². The smallest absolute Gasteiger partial charge is 0.338 e. The molecule has 0 spiro atoms. The number of nitrogen functional groups attached to an aromatic ring is 1. The summed E-state index contributed by atoms with van der Waals surface area (Å²) in [4.78, 5) is 11.7. The summed E-state index contributed by atoms with van der Waals surface area (Å²) in [5, 5.41) is -0.0615. The molecule has 2 aromatic rings. The number of nitrogens with two attached hydrogens (primary N) is 1. The molecule has 2 rings (SSSR count). The molecular formula is C14H10ClF2NO2. The number of rotatable bonds is 3. The molecule has 104 valence electrons. The quantitative estimate of drug-likeness (QED) is 0.696. The average molecular weight is 298 g/mol. The first-order valence-corrected chi connectivity index (χ1v) is 6.00. The average Bonchev–Trinajstić information content (AvgIpc) is 2.38. The third-order valence-electron chi connectivity index (χ3n) is 2.51. The van der Waals surface area contributed by atoms with E-state index in [2.05, 4.69) is 0 Å². The Hall–Kier alpha value is -2.14. The summed E-state index contributed by atoms with van der Waals surface area (Å²) in [5.74, 6) is -1.90. The summed E-state index contributed by atoms with van der Waals surface area (Å²) in [7, 11) is 0. The number of hydrogen-bond donors (Lipinski definition) is 1. The first kappa shape index (κ1) is 14.3. The fourth-order valence-corrected chi connectivity index (χ4v) is 1.79. The van der Waals surface area contributed by atoms with Crippen LogP contribution in [0.5, 0.6) is 0 Å². The highest BCUT2D eigenvalue weighted by molar-refractivity contribution is 6.30. The number of carbonyl (C=O) groups excluding carboxylic acids is 1. The molecular weight excluding hydrogens is 288 g/mol. The zero-order chi connectivity index (χ0) is 14.7. The van der Waals surface area contributed by atoms with Crippen molar-refractivity contribution in [2.24, 2.45) is 0 Å². The predicted molar refractivity (Wildman–Crippen MR) is 71.3 cm³/mol. The number of ether oxygens (including phenoxy) is 1. The van der Waals surface area contributed by atoms with Gasteiger partial charge in [0.2, 0.25) is 0 Å². The minimum atomic E-state index is -0.725. The van der Waals surface area contributed by atoms with Gasteiger partial charge in [-0.25, -0.2) is 13.6 Å². The van der Waals surface area contributed by atoms with E-state index >= 15 is 0 Å². The number of anilines is 1. The van der Waals surface area contributed by atoms with E-state index in [-0.39, 0.29) is 22.9 Å². The number of carbonyl (C=O) groups is 1. The molecule has 3 nitrogen and oxygen atoms in total. The molecule has 20 heavy (non-hydrogen) atoms. The third-order valence-corrected chi connectivity index (χ3v) is 2.80. The molecule has 0 bridgehead atoms. The molecule has 0 saturated heterocycles. The lowest BCUT2D eigenvalue weighted by Gasteiger charge is -2.06. The third kappa shape index (κ3) is 3.45. The zero-order valence-electron chi connectivity index (χ0n) is 10.2. The van der Waals surface area contributed by atoms with Crippen LogP contribution in [0.25, 0.3) is 0 Å². The normalized spacial score (nSPS) is 10.3. The molecule has 0 saturated carbocycles. The highest BCUT2D eigenvalue weighted by Crippen LogP contribution is 2.17. The Morgan fingerprint density at radius 1 is 1.20 bits per heavy atom. The molecule has 0 aliphatic rings. The first-order chi connectivity index (χ1) is 9.45. The van der Waals surface area contributed by atoms with Gasteiger partial charge in [0.15, 0.2) is 0 Å². The second kappa shape index (κ2) is 5.88. The second-order valence-electron chi connectivity index (χ2n) is 4.10. The van der Waals surface area contributed by atoms with Crippen LogP contribution in [-0.2, 0) is 11.3 Å². The Balaban J connectivity index is 2.06. The Morgan fingerprint density at radius 2 is 1.95 bits per heavy atom. The monoisotopic (exact) mass is 297 g/mol. The molecule has 0 aliphatic heterocycles. The summed E-state index contributed by atoms with van der Waals surface area (Å²) in [5.41, 5.74) is 6.09. The van der Waals surface area contributed by atoms with Crippen LogP contribution in [-0.4, -0.2) is 5.97 Å². The molecule has 0 fully saturated rings. The highest BCUT2D eigenvalue weighted by Gasteiger charge is 2.10. The number of esters is 1. The topological polar surface area (TPSA) is 52.3 Å². The minimum absolute atomic E-state index is 0.00992. The van der Waals surface area contributed by atoms with Gasteiger partial charge in [0.05, 0.1) is 10.6 Å². The van der Waals surface area contributed by atoms with E-state index in [4.69, 9.17) is 22.1 Å². The van der Waals surface area contributed by atoms with E-state index in [1.807, 2.05) is 0 Å². The Bertz CT molecular complexity index is 641. The summed E-state index contributed by atoms with van der Waals surface area (Å²) in [6.45, 7) is -0.102. The first-order valence-electron chi connectivity index (χ1n) is 5.63. The Morgan fingerprint density at radius 3 is 2.60 bits per heavy atom. The van der Waals surface area contributed by atoms with Crippen LogP contribution in [0.1, 0.15) is 15.9 Å². The number of hydrogen-bond acceptors (Lipinski definition) is 3. The van der Waals surface area contributed by atoms with Crippen LogP contribution in [0.4, 0.5) is 14.5 Å². The lowest BCUT2D eigenvalue weighted by Crippen LogP contribution is -2.06. The summed E-state index contributed by atoms with van der Waals surface area (Å²) < 4.78 is 31.0. The van der Waals surface area contributed by atoms with E-state index in [1.165, 1.54) is 24.3 Å². The van der Waals surface area contributed by atoms with Crippen molar-refractivity contribution < 1.29 is 18.3 Å². The van der Waals surface area contributed by atoms with Crippen LogP contribution >= 0.6 is 11.6 Å². The van der Waals surface area contributed by atoms with Crippen LogP contribution < -0.4 is 5.73 Å². The SMILES string of the molecule is Nc1cc(F)cc(C(=O)OCc2ccc(F)c(Cl)c2)c1. The van der Waals surface area contributed by atoms with Gasteiger partial charge in [-0.05, 0) is 35.9 Å². The van der Waals surface area contributed by atoms with Crippen molar-refractivity contribution in [3.05, 3.63) is 64.2 Å². The van der Waals surface area contributed by atoms with Gasteiger partial charge in [-0.2, -0.15) is 0 Å². The van der Waals surface area contributed by atoms with Gasteiger partial charge in [0, 0.05) is 5.69 Å². The van der Waals surface area contributed by atoms with Crippen molar-refractivity contribution in [3.63, 3.8) is 0 Å². The lowest BCUT2D eigenvalue weighted by atomic mass is 10.2. The maximum atomic E-state index is 13.1. The van der Waals surface area contributed by atoms with Crippen molar-refractivity contribution in [2.45, 2.75) is 6.61 Å². The van der Waals surface area contributed by atoms with Gasteiger partial charge in [-0.1, -0.05) is 17.7 Å². The Labute approximate surface area is 118 Å². The fourth-order valence-electron chi connectivity index (χ4n) is 1.59. The fraction of sp³-hybridized carbons (Fsp3) is 0.0714. The van der Waals surface area contributed by atoms with Crippen LogP contribution in [0.3, 0.4) is 0 Å². The molecule has 6 heteroatoms. The largest absolute Gasteiger partial charge is 0.457 e. The van der Waals surface area contributed by atoms with Gasteiger partial charge in [-0.15, -0.1) is 0 Å². The standard InChI is InChI=1S/C14H10ClF2NO2/c15-12-3-8(1-2-13(12)17)7-20-14(19)9-4-10(16)6-11(18)5-9/h1-6H,7,18H2. The van der Waals surface area contributed by atoms with Crippen molar-refractivity contribution in [1.82, 2.24) is 0 Å². The minimum Gasteiger partial charge on any atom is -0.457 e. The van der Waals surface area contributed by atoms with Crippen LogP contribution in [0.2, 0.25) is 5.02 Å². The summed E-state index contributed by atoms with van der Waals surface area (Å²) in [6, 6.07) is 7.39. The van der Waals surface area contributed by atoms with Gasteiger partial charge < -0.3 is 10.5 Å². The molecule has 0 aliphatic carbocycles. The van der Waals surface area contributed by atoms with Crippen molar-refractivity contribution in [1.29, 1.82) is 0 Å². The van der Waals surface area contributed by atoms with E-state index in [0.717, 1.165) is 12.1 Å². The molecule has 0 amide bonds. The maximum Gasteiger partial charge on any atom is 0.338 e. The second-order valence-corrected chi connectivity index (χ2v) is 4.51. The van der Waals surface area contributed by atoms with E-state index in [9.17, 15) is 13.6 Å². The van der Waals surface area contributed by atoms with Crippen LogP contribution in [0.15, 0.2) is 36.4 Å². The molecule has 0 unspecified atom stereocenters. The highest BCUT2D eigenvalue weighted by atomic mass is 35.5. The molecule has 0 atom stereocenters. The maximum absolute atomic E-state index is 13.1. The molecule has 0 heterocycles. The summed E-state index contributed by atoms with van der Waals surface area (Å²) >= 11 is 5.61. The predicted octanol–water partition coefficient (Wildman–Crippen LogP) is 3.56. The van der Waals surface area contributed by atoms with Gasteiger partial charge in [-0.3, -0.25) is 0 Å². The van der Waals surface area contributed by atoms with Crippen LogP contribution in [0, 0.1) is 11.6 Å². The van der Waals surface area contributed by atoms with E-state index in [0.29, 0.717) is 5.56 Å². The van der Waals surface area contributed by atoms with E-state index < -0.39 is 17.6 Å². The van der Waals surface area contributed by atoms with Crippen molar-refractivity contribution in [2.75, 3.05) is 5.73 Å². The van der Waals surface area contributed by atoms with Gasteiger partial charge >= 0.3 is 5.97 Å². The van der Waals surface area contributed by atoms with Gasteiger partial charge in [0.25, 0.3) is 0 Å². The van der Waals surface area contributed by atoms with E-state index in [1.54, 1.807) is 0 Å². The van der Waals surface area contributed by atoms with Crippen molar-refractivity contribution in [3.8, 4) is 0 Å².